The Morgan fingerprint density at radius 1 is 1.39 bits per heavy atom. The Hall–Kier alpha value is -1.52. The number of carboxylic acid groups (broad SMARTS) is 1. The van der Waals surface area contributed by atoms with Crippen molar-refractivity contribution in [2.45, 2.75) is 45.1 Å². The summed E-state index contributed by atoms with van der Waals surface area (Å²) in [4.78, 5) is 23.8. The third-order valence-corrected chi connectivity index (χ3v) is 2.70. The largest absolute Gasteiger partial charge is 0.480 e. The smallest absolute Gasteiger partial charge is 0.410 e. The minimum absolute atomic E-state index is 0.0886. The third-order valence-electron chi connectivity index (χ3n) is 2.70. The van der Waals surface area contributed by atoms with Crippen molar-refractivity contribution in [1.29, 1.82) is 0 Å². The molecule has 104 valence electrons. The van der Waals surface area contributed by atoms with Crippen LogP contribution in [0.1, 0.15) is 39.0 Å². The molecule has 0 radical (unpaired) electrons. The van der Waals surface area contributed by atoms with E-state index in [0.29, 0.717) is 6.42 Å². The molecule has 0 saturated carbocycles. The summed E-state index contributed by atoms with van der Waals surface area (Å²) in [5, 5.41) is 9.10. The maximum absolute atomic E-state index is 11.5. The van der Waals surface area contributed by atoms with Gasteiger partial charge in [-0.15, -0.1) is 0 Å². The molecule has 1 atom stereocenters. The maximum Gasteiger partial charge on any atom is 0.410 e. The van der Waals surface area contributed by atoms with Crippen LogP contribution in [0.2, 0.25) is 0 Å². The number of hydrogen-bond acceptors (Lipinski definition) is 3. The van der Waals surface area contributed by atoms with E-state index in [1.54, 1.807) is 0 Å². The van der Waals surface area contributed by atoms with E-state index in [0.717, 1.165) is 30.6 Å². The Balaban J connectivity index is 4.26. The number of hydrogen-bond donors (Lipinski definition) is 1. The molecular formula is C13H23NO4. The van der Waals surface area contributed by atoms with Gasteiger partial charge in [0.05, 0.1) is 0 Å². The van der Waals surface area contributed by atoms with Gasteiger partial charge in [0.2, 0.25) is 0 Å². The van der Waals surface area contributed by atoms with Gasteiger partial charge < -0.3 is 9.84 Å². The van der Waals surface area contributed by atoms with E-state index >= 15 is 0 Å². The summed E-state index contributed by atoms with van der Waals surface area (Å²) in [6, 6.07) is -0.820. The molecule has 5 nitrogen and oxygen atoms in total. The molecule has 0 aliphatic rings. The minimum atomic E-state index is -0.996. The van der Waals surface area contributed by atoms with Crippen LogP contribution in [0, 0.1) is 0 Å². The third kappa shape index (κ3) is 6.27. The van der Waals surface area contributed by atoms with Crippen LogP contribution in [-0.2, 0) is 9.53 Å². The van der Waals surface area contributed by atoms with Crippen LogP contribution < -0.4 is 0 Å². The van der Waals surface area contributed by atoms with Crippen LogP contribution >= 0.6 is 0 Å². The van der Waals surface area contributed by atoms with E-state index < -0.39 is 18.1 Å². The molecule has 1 unspecified atom stereocenters. The molecule has 0 spiro atoms. The van der Waals surface area contributed by atoms with E-state index in [-0.39, 0.29) is 6.61 Å². The number of amides is 1. The number of likely N-dealkylation sites (N-methyl/N-ethyl adjacent to an activating group) is 1. The zero-order valence-corrected chi connectivity index (χ0v) is 11.2. The van der Waals surface area contributed by atoms with Gasteiger partial charge in [0, 0.05) is 7.05 Å². The first-order chi connectivity index (χ1) is 8.54. The Bertz CT molecular complexity index is 278. The van der Waals surface area contributed by atoms with Crippen molar-refractivity contribution in [2.75, 3.05) is 13.7 Å². The van der Waals surface area contributed by atoms with Gasteiger partial charge in [-0.3, -0.25) is 4.90 Å². The second-order valence-electron chi connectivity index (χ2n) is 4.18. The maximum atomic E-state index is 11.5. The van der Waals surface area contributed by atoms with Gasteiger partial charge in [-0.25, -0.2) is 9.59 Å². The highest BCUT2D eigenvalue weighted by Gasteiger charge is 2.26. The van der Waals surface area contributed by atoms with Gasteiger partial charge >= 0.3 is 12.1 Å². The highest BCUT2D eigenvalue weighted by Crippen LogP contribution is 2.11. The van der Waals surface area contributed by atoms with Crippen LogP contribution in [0.25, 0.3) is 0 Å². The van der Waals surface area contributed by atoms with Gasteiger partial charge in [0.1, 0.15) is 12.6 Å². The molecule has 0 aliphatic carbocycles. The number of carbonyl (C=O) groups excluding carboxylic acids is 1. The standard InChI is InChI=1S/C13H23NO4/c1-4-6-7-8-9-11(12(15)16)14(3)13(17)18-10-5-2/h5,11H,2,4,6-10H2,1,3H3,(H,15,16). The number of unbranched alkanes of at least 4 members (excludes halogenated alkanes) is 3. The highest BCUT2D eigenvalue weighted by atomic mass is 16.6. The molecule has 0 heterocycles. The van der Waals surface area contributed by atoms with E-state index in [1.807, 2.05) is 0 Å². The summed E-state index contributed by atoms with van der Waals surface area (Å²) in [7, 11) is 1.45. The van der Waals surface area contributed by atoms with Crippen molar-refractivity contribution >= 4 is 12.1 Å². The second-order valence-corrected chi connectivity index (χ2v) is 4.18. The molecule has 18 heavy (non-hydrogen) atoms. The van der Waals surface area contributed by atoms with E-state index in [4.69, 9.17) is 9.84 Å². The average molecular weight is 257 g/mol. The SMILES string of the molecule is C=CCOC(=O)N(C)C(CCCCCC)C(=O)O. The molecule has 1 amide bonds. The Morgan fingerprint density at radius 2 is 2.06 bits per heavy atom. The van der Waals surface area contributed by atoms with Crippen molar-refractivity contribution in [3.8, 4) is 0 Å². The number of carboxylic acids is 1. The number of rotatable bonds is 9. The van der Waals surface area contributed by atoms with E-state index in [9.17, 15) is 9.59 Å². The van der Waals surface area contributed by atoms with Crippen LogP contribution in [0.5, 0.6) is 0 Å². The van der Waals surface area contributed by atoms with Crippen LogP contribution in [0.3, 0.4) is 0 Å². The Labute approximate surface area is 108 Å². The van der Waals surface area contributed by atoms with Crippen molar-refractivity contribution in [3.05, 3.63) is 12.7 Å². The molecule has 5 heteroatoms. The van der Waals surface area contributed by atoms with E-state index in [2.05, 4.69) is 13.5 Å². The zero-order valence-electron chi connectivity index (χ0n) is 11.2. The van der Waals surface area contributed by atoms with Crippen molar-refractivity contribution in [1.82, 2.24) is 4.90 Å². The first-order valence-corrected chi connectivity index (χ1v) is 6.27. The zero-order chi connectivity index (χ0) is 14.0. The van der Waals surface area contributed by atoms with Gasteiger partial charge in [-0.2, -0.15) is 0 Å². The minimum Gasteiger partial charge on any atom is -0.480 e. The predicted molar refractivity (Wildman–Crippen MR) is 69.5 cm³/mol. The average Bonchev–Trinajstić information content (AvgIpc) is 2.34. The molecule has 0 saturated heterocycles. The summed E-state index contributed by atoms with van der Waals surface area (Å²) >= 11 is 0. The molecule has 0 aliphatic heterocycles. The van der Waals surface area contributed by atoms with Crippen molar-refractivity contribution in [2.24, 2.45) is 0 Å². The molecule has 0 rings (SSSR count). The monoisotopic (exact) mass is 257 g/mol. The summed E-state index contributed by atoms with van der Waals surface area (Å²) in [5.41, 5.74) is 0. The fourth-order valence-corrected chi connectivity index (χ4v) is 1.61. The number of aliphatic carboxylic acids is 1. The van der Waals surface area contributed by atoms with Gasteiger partial charge in [0.25, 0.3) is 0 Å². The highest BCUT2D eigenvalue weighted by molar-refractivity contribution is 5.79. The number of nitrogens with zero attached hydrogens (tertiary/aromatic N) is 1. The second kappa shape index (κ2) is 9.50. The van der Waals surface area contributed by atoms with Gasteiger partial charge in [-0.05, 0) is 6.42 Å². The van der Waals surface area contributed by atoms with Crippen molar-refractivity contribution < 1.29 is 19.4 Å². The molecule has 0 bridgehead atoms. The lowest BCUT2D eigenvalue weighted by Gasteiger charge is -2.23. The Morgan fingerprint density at radius 3 is 2.56 bits per heavy atom. The molecule has 0 fully saturated rings. The lowest BCUT2D eigenvalue weighted by atomic mass is 10.1. The van der Waals surface area contributed by atoms with E-state index in [1.165, 1.54) is 13.1 Å². The summed E-state index contributed by atoms with van der Waals surface area (Å²) in [5.74, 6) is -0.996. The number of ether oxygens (including phenoxy) is 1. The molecule has 0 aromatic rings. The van der Waals surface area contributed by atoms with Gasteiger partial charge in [0.15, 0.2) is 0 Å². The van der Waals surface area contributed by atoms with Crippen molar-refractivity contribution in [3.63, 3.8) is 0 Å². The van der Waals surface area contributed by atoms with Crippen LogP contribution in [0.4, 0.5) is 4.79 Å². The molecule has 0 aromatic carbocycles. The lowest BCUT2D eigenvalue weighted by Crippen LogP contribution is -2.42. The summed E-state index contributed by atoms with van der Waals surface area (Å²) in [6.45, 7) is 5.61. The first kappa shape index (κ1) is 16.5. The lowest BCUT2D eigenvalue weighted by molar-refractivity contribution is -0.142. The fourth-order valence-electron chi connectivity index (χ4n) is 1.61. The normalized spacial score (nSPS) is 11.7. The topological polar surface area (TPSA) is 66.8 Å². The predicted octanol–water partition coefficient (Wildman–Crippen LogP) is 2.66. The number of carbonyl (C=O) groups is 2. The van der Waals surface area contributed by atoms with Gasteiger partial charge in [-0.1, -0.05) is 45.3 Å². The van der Waals surface area contributed by atoms with Crippen LogP contribution in [0.15, 0.2) is 12.7 Å². The molecular weight excluding hydrogens is 234 g/mol. The molecule has 1 N–H and O–H groups in total. The van der Waals surface area contributed by atoms with Crippen LogP contribution in [-0.4, -0.2) is 41.8 Å². The Kier molecular flexibility index (Phi) is 8.70. The quantitative estimate of drug-likeness (QED) is 0.509. The fraction of sp³-hybridized carbons (Fsp3) is 0.692. The molecule has 0 aromatic heterocycles. The first-order valence-electron chi connectivity index (χ1n) is 6.27. The summed E-state index contributed by atoms with van der Waals surface area (Å²) < 4.78 is 4.82. The summed E-state index contributed by atoms with van der Waals surface area (Å²) in [6.07, 6.45) is 5.22.